The van der Waals surface area contributed by atoms with Gasteiger partial charge in [-0.2, -0.15) is 0 Å². The fourth-order valence-corrected chi connectivity index (χ4v) is 2.77. The molecule has 27 heavy (non-hydrogen) atoms. The zero-order chi connectivity index (χ0) is 20.0. The maximum absolute atomic E-state index is 12.2. The molecule has 0 radical (unpaired) electrons. The molecule has 3 N–H and O–H groups in total. The van der Waals surface area contributed by atoms with Crippen molar-refractivity contribution < 1.29 is 19.4 Å². The highest BCUT2D eigenvalue weighted by Crippen LogP contribution is 2.33. The number of methoxy groups -OCH3 is 2. The first-order chi connectivity index (χ1) is 12.9. The van der Waals surface area contributed by atoms with Gasteiger partial charge in [-0.05, 0) is 36.8 Å². The fourth-order valence-electron chi connectivity index (χ4n) is 2.77. The van der Waals surface area contributed by atoms with E-state index in [2.05, 4.69) is 4.98 Å². The average Bonchev–Trinajstić information content (AvgIpc) is 2.67. The van der Waals surface area contributed by atoms with Crippen molar-refractivity contribution in [2.45, 2.75) is 13.5 Å². The number of carbonyl (C=O) groups excluding carboxylic acids is 1. The highest BCUT2D eigenvalue weighted by molar-refractivity contribution is 5.73. The predicted octanol–water partition coefficient (Wildman–Crippen LogP) is 1.79. The molecule has 2 aromatic rings. The molecule has 8 heteroatoms. The van der Waals surface area contributed by atoms with Crippen LogP contribution in [0.4, 0.5) is 4.79 Å². The second-order valence-electron chi connectivity index (χ2n) is 6.09. The SMILES string of the molecule is COc1cc(-c2cc(CN(CCO)C(=O)N(C)N)ccn2)cc(OC)c1C. The largest absolute Gasteiger partial charge is 0.496 e. The number of pyridine rings is 1. The molecule has 2 rings (SSSR count). The number of hydrogen-bond donors (Lipinski definition) is 2. The van der Waals surface area contributed by atoms with Gasteiger partial charge in [0.2, 0.25) is 0 Å². The van der Waals surface area contributed by atoms with E-state index in [4.69, 9.17) is 15.3 Å². The third kappa shape index (κ3) is 4.87. The Kier molecular flexibility index (Phi) is 6.98. The average molecular weight is 374 g/mol. The molecule has 0 unspecified atom stereocenters. The van der Waals surface area contributed by atoms with Crippen LogP contribution >= 0.6 is 0 Å². The molecule has 8 nitrogen and oxygen atoms in total. The molecule has 0 aliphatic carbocycles. The van der Waals surface area contributed by atoms with Crippen molar-refractivity contribution in [3.63, 3.8) is 0 Å². The van der Waals surface area contributed by atoms with Crippen molar-refractivity contribution in [3.8, 4) is 22.8 Å². The number of nitrogens with two attached hydrogens (primary N) is 1. The van der Waals surface area contributed by atoms with Crippen LogP contribution in [0.3, 0.4) is 0 Å². The topological polar surface area (TPSA) is 101 Å². The third-order valence-electron chi connectivity index (χ3n) is 4.19. The molecule has 1 aromatic heterocycles. The van der Waals surface area contributed by atoms with E-state index >= 15 is 0 Å². The maximum Gasteiger partial charge on any atom is 0.334 e. The van der Waals surface area contributed by atoms with Crippen LogP contribution in [0, 0.1) is 6.92 Å². The summed E-state index contributed by atoms with van der Waals surface area (Å²) in [7, 11) is 4.68. The Balaban J connectivity index is 2.36. The molecular formula is C19H26N4O4. The first-order valence-electron chi connectivity index (χ1n) is 8.47. The maximum atomic E-state index is 12.2. The Labute approximate surface area is 159 Å². The van der Waals surface area contributed by atoms with Crippen LogP contribution in [0.1, 0.15) is 11.1 Å². The van der Waals surface area contributed by atoms with Crippen molar-refractivity contribution in [3.05, 3.63) is 41.6 Å². The van der Waals surface area contributed by atoms with Gasteiger partial charge < -0.3 is 19.5 Å². The first kappa shape index (κ1) is 20.5. The lowest BCUT2D eigenvalue weighted by molar-refractivity contribution is 0.145. The van der Waals surface area contributed by atoms with E-state index in [1.807, 2.05) is 31.2 Å². The van der Waals surface area contributed by atoms with Crippen molar-refractivity contribution in [1.29, 1.82) is 0 Å². The number of aromatic nitrogens is 1. The monoisotopic (exact) mass is 374 g/mol. The van der Waals surface area contributed by atoms with Gasteiger partial charge in [-0.25, -0.2) is 10.6 Å². The molecule has 0 aliphatic rings. The highest BCUT2D eigenvalue weighted by atomic mass is 16.5. The zero-order valence-corrected chi connectivity index (χ0v) is 16.1. The van der Waals surface area contributed by atoms with Crippen LogP contribution in [-0.4, -0.2) is 60.4 Å². The molecule has 0 saturated carbocycles. The summed E-state index contributed by atoms with van der Waals surface area (Å²) in [6.45, 7) is 2.26. The summed E-state index contributed by atoms with van der Waals surface area (Å²) in [5.74, 6) is 6.95. The van der Waals surface area contributed by atoms with Gasteiger partial charge in [-0.1, -0.05) is 0 Å². The molecule has 0 fully saturated rings. The van der Waals surface area contributed by atoms with Crippen LogP contribution in [-0.2, 0) is 6.54 Å². The van der Waals surface area contributed by atoms with Gasteiger partial charge >= 0.3 is 6.03 Å². The number of benzene rings is 1. The molecule has 0 saturated heterocycles. The van der Waals surface area contributed by atoms with Gasteiger partial charge in [0, 0.05) is 37.5 Å². The molecule has 1 aromatic carbocycles. The minimum Gasteiger partial charge on any atom is -0.496 e. The van der Waals surface area contributed by atoms with Gasteiger partial charge in [0.15, 0.2) is 0 Å². The standard InChI is InChI=1S/C19H26N4O4/c1-13-17(26-3)10-15(11-18(13)27-4)16-9-14(5-6-21-16)12-23(7-8-24)19(25)22(2)20/h5-6,9-11,24H,7-8,12,20H2,1-4H3. The summed E-state index contributed by atoms with van der Waals surface area (Å²) in [6.07, 6.45) is 1.68. The number of amides is 2. The van der Waals surface area contributed by atoms with E-state index < -0.39 is 0 Å². The number of aliphatic hydroxyl groups is 1. The molecule has 0 bridgehead atoms. The number of hydrazine groups is 1. The fraction of sp³-hybridized carbons (Fsp3) is 0.368. The lowest BCUT2D eigenvalue weighted by Gasteiger charge is -2.25. The summed E-state index contributed by atoms with van der Waals surface area (Å²) >= 11 is 0. The Hall–Kier alpha value is -2.84. The number of rotatable bonds is 7. The molecule has 1 heterocycles. The zero-order valence-electron chi connectivity index (χ0n) is 16.1. The smallest absolute Gasteiger partial charge is 0.334 e. The summed E-state index contributed by atoms with van der Waals surface area (Å²) in [5, 5.41) is 10.2. The van der Waals surface area contributed by atoms with Crippen molar-refractivity contribution >= 4 is 6.03 Å². The van der Waals surface area contributed by atoms with E-state index in [1.165, 1.54) is 11.9 Å². The van der Waals surface area contributed by atoms with Gasteiger partial charge in [0.1, 0.15) is 11.5 Å². The third-order valence-corrected chi connectivity index (χ3v) is 4.19. The van der Waals surface area contributed by atoms with E-state index in [0.717, 1.165) is 27.4 Å². The number of hydrogen-bond acceptors (Lipinski definition) is 6. The van der Waals surface area contributed by atoms with Gasteiger partial charge in [0.25, 0.3) is 0 Å². The molecule has 0 aliphatic heterocycles. The van der Waals surface area contributed by atoms with Crippen molar-refractivity contribution in [2.75, 3.05) is 34.4 Å². The summed E-state index contributed by atoms with van der Waals surface area (Å²) in [5.41, 5.74) is 3.33. The van der Waals surface area contributed by atoms with Crippen LogP contribution in [0.25, 0.3) is 11.3 Å². The second-order valence-corrected chi connectivity index (χ2v) is 6.09. The predicted molar refractivity (Wildman–Crippen MR) is 102 cm³/mol. The minimum absolute atomic E-state index is 0.149. The van der Waals surface area contributed by atoms with Crippen LogP contribution in [0.2, 0.25) is 0 Å². The molecular weight excluding hydrogens is 348 g/mol. The summed E-state index contributed by atoms with van der Waals surface area (Å²) in [4.78, 5) is 18.1. The Morgan fingerprint density at radius 2 is 1.85 bits per heavy atom. The second kappa shape index (κ2) is 9.20. The summed E-state index contributed by atoms with van der Waals surface area (Å²) < 4.78 is 10.9. The number of carbonyl (C=O) groups is 1. The van der Waals surface area contributed by atoms with Crippen molar-refractivity contribution in [2.24, 2.45) is 5.84 Å². The van der Waals surface area contributed by atoms with E-state index in [1.54, 1.807) is 20.4 Å². The lowest BCUT2D eigenvalue weighted by atomic mass is 10.0. The number of urea groups is 1. The van der Waals surface area contributed by atoms with Crippen molar-refractivity contribution in [1.82, 2.24) is 14.9 Å². The van der Waals surface area contributed by atoms with Gasteiger partial charge in [-0.15, -0.1) is 0 Å². The molecule has 2 amide bonds. The molecule has 0 atom stereocenters. The molecule has 0 spiro atoms. The van der Waals surface area contributed by atoms with E-state index in [0.29, 0.717) is 18.0 Å². The summed E-state index contributed by atoms with van der Waals surface area (Å²) in [6, 6.07) is 7.13. The number of nitrogens with zero attached hydrogens (tertiary/aromatic N) is 3. The minimum atomic E-state index is -0.374. The number of ether oxygens (including phenoxy) is 2. The van der Waals surface area contributed by atoms with Gasteiger partial charge in [0.05, 0.1) is 26.5 Å². The van der Waals surface area contributed by atoms with E-state index in [-0.39, 0.29) is 19.2 Å². The quantitative estimate of drug-likeness (QED) is 0.435. The van der Waals surface area contributed by atoms with Crippen LogP contribution in [0.15, 0.2) is 30.5 Å². The molecule has 146 valence electrons. The lowest BCUT2D eigenvalue weighted by Crippen LogP contribution is -2.45. The Morgan fingerprint density at radius 3 is 2.37 bits per heavy atom. The highest BCUT2D eigenvalue weighted by Gasteiger charge is 2.17. The van der Waals surface area contributed by atoms with Crippen LogP contribution in [0.5, 0.6) is 11.5 Å². The van der Waals surface area contributed by atoms with Gasteiger partial charge in [-0.3, -0.25) is 9.99 Å². The normalized spacial score (nSPS) is 10.4. The number of aliphatic hydroxyl groups excluding tert-OH is 1. The Bertz CT molecular complexity index is 770. The van der Waals surface area contributed by atoms with E-state index in [9.17, 15) is 9.90 Å². The Morgan fingerprint density at radius 1 is 1.22 bits per heavy atom. The first-order valence-corrected chi connectivity index (χ1v) is 8.47. The van der Waals surface area contributed by atoms with Crippen LogP contribution < -0.4 is 15.3 Å².